The van der Waals surface area contributed by atoms with E-state index < -0.39 is 6.10 Å². The molecule has 3 aromatic rings. The van der Waals surface area contributed by atoms with Gasteiger partial charge in [-0.05, 0) is 74.4 Å². The lowest BCUT2D eigenvalue weighted by molar-refractivity contribution is -0.129. The Bertz CT molecular complexity index is 1500. The van der Waals surface area contributed by atoms with Crippen LogP contribution in [0.4, 0.5) is 11.6 Å². The number of aliphatic hydroxyl groups is 1. The second-order valence-corrected chi connectivity index (χ2v) is 12.5. The number of carbonyl (C=O) groups excluding carboxylic acids is 2. The Hall–Kier alpha value is -3.96. The quantitative estimate of drug-likeness (QED) is 0.289. The molecule has 2 fully saturated rings. The van der Waals surface area contributed by atoms with Crippen molar-refractivity contribution in [3.8, 4) is 5.75 Å². The van der Waals surface area contributed by atoms with E-state index in [4.69, 9.17) is 14.1 Å². The van der Waals surface area contributed by atoms with E-state index in [1.807, 2.05) is 30.0 Å². The summed E-state index contributed by atoms with van der Waals surface area (Å²) in [6.45, 7) is 8.61. The maximum absolute atomic E-state index is 13.4. The molecule has 0 radical (unpaired) electrons. The highest BCUT2D eigenvalue weighted by Gasteiger charge is 2.24. The van der Waals surface area contributed by atoms with Crippen molar-refractivity contribution in [2.75, 3.05) is 49.5 Å². The van der Waals surface area contributed by atoms with Crippen LogP contribution in [0.25, 0.3) is 0 Å². The van der Waals surface area contributed by atoms with Crippen LogP contribution in [0.1, 0.15) is 72.0 Å². The van der Waals surface area contributed by atoms with Gasteiger partial charge in [0.2, 0.25) is 5.91 Å². The third-order valence-corrected chi connectivity index (χ3v) is 9.30. The number of anilines is 2. The number of hydrogen-bond donors (Lipinski definition) is 2. The van der Waals surface area contributed by atoms with E-state index in [1.54, 1.807) is 6.92 Å². The summed E-state index contributed by atoms with van der Waals surface area (Å²) in [4.78, 5) is 40.4. The molecule has 2 aliphatic heterocycles. The van der Waals surface area contributed by atoms with Gasteiger partial charge in [-0.1, -0.05) is 6.07 Å². The number of β-amino-alcohol motifs (C(OH)–C–C–N with tert-alkyl or cyclic N) is 1. The number of carbonyl (C=O) groups is 2. The number of amides is 1. The van der Waals surface area contributed by atoms with E-state index in [0.29, 0.717) is 57.4 Å². The number of Topliss-reactive ketones (excluding diaryl/α,β-unsaturated/α-hetero) is 1. The molecule has 4 heterocycles. The van der Waals surface area contributed by atoms with E-state index in [-0.39, 0.29) is 18.1 Å². The highest BCUT2D eigenvalue weighted by Crippen LogP contribution is 2.27. The van der Waals surface area contributed by atoms with E-state index in [0.717, 1.165) is 61.2 Å². The molecule has 11 heteroatoms. The van der Waals surface area contributed by atoms with Gasteiger partial charge in [-0.2, -0.15) is 0 Å². The van der Waals surface area contributed by atoms with Gasteiger partial charge in [0.25, 0.3) is 0 Å². The van der Waals surface area contributed by atoms with Crippen LogP contribution in [0.15, 0.2) is 41.1 Å². The molecule has 0 bridgehead atoms. The van der Waals surface area contributed by atoms with E-state index in [9.17, 15) is 14.7 Å². The smallest absolute Gasteiger partial charge is 0.219 e. The molecular formula is C34H44N6O5. The van der Waals surface area contributed by atoms with E-state index >= 15 is 0 Å². The van der Waals surface area contributed by atoms with Gasteiger partial charge in [-0.3, -0.25) is 14.5 Å². The summed E-state index contributed by atoms with van der Waals surface area (Å²) in [5.41, 5.74) is 3.94. The number of nitrogens with one attached hydrogen (secondary N) is 1. The minimum atomic E-state index is -0.600. The largest absolute Gasteiger partial charge is 0.486 e. The summed E-state index contributed by atoms with van der Waals surface area (Å²) >= 11 is 0. The molecule has 1 amide bonds. The Morgan fingerprint density at radius 2 is 1.93 bits per heavy atom. The van der Waals surface area contributed by atoms with Crippen LogP contribution in [-0.2, 0) is 24.4 Å². The highest BCUT2D eigenvalue weighted by atomic mass is 16.5. The number of aliphatic hydroxyl groups excluding tert-OH is 1. The Balaban J connectivity index is 1.02. The molecule has 1 aromatic carbocycles. The fourth-order valence-electron chi connectivity index (χ4n) is 6.20. The Morgan fingerprint density at radius 1 is 1.11 bits per heavy atom. The fraction of sp³-hybridized carbons (Fsp3) is 0.529. The number of rotatable bonds is 12. The molecule has 0 spiro atoms. The van der Waals surface area contributed by atoms with E-state index in [1.165, 1.54) is 23.9 Å². The first-order valence-corrected chi connectivity index (χ1v) is 16.2. The van der Waals surface area contributed by atoms with Gasteiger partial charge >= 0.3 is 0 Å². The molecule has 3 aliphatic rings. The van der Waals surface area contributed by atoms with Crippen LogP contribution in [0.5, 0.6) is 5.75 Å². The molecule has 45 heavy (non-hydrogen) atoms. The summed E-state index contributed by atoms with van der Waals surface area (Å²) in [6, 6.07) is 10.3. The molecule has 240 valence electrons. The van der Waals surface area contributed by atoms with Gasteiger partial charge in [0.15, 0.2) is 17.9 Å². The molecule has 0 unspecified atom stereocenters. The Labute approximate surface area is 264 Å². The van der Waals surface area contributed by atoms with Crippen molar-refractivity contribution in [3.05, 3.63) is 64.9 Å². The van der Waals surface area contributed by atoms with Gasteiger partial charge in [0.05, 0.1) is 11.8 Å². The molecule has 1 saturated heterocycles. The van der Waals surface area contributed by atoms with Crippen molar-refractivity contribution >= 4 is 23.3 Å². The predicted octanol–water partition coefficient (Wildman–Crippen LogP) is 3.97. The second-order valence-electron chi connectivity index (χ2n) is 12.5. The number of hydrogen-bond acceptors (Lipinski definition) is 10. The number of aromatic nitrogens is 2. The van der Waals surface area contributed by atoms with Gasteiger partial charge in [-0.15, -0.1) is 0 Å². The normalized spacial score (nSPS) is 17.8. The van der Waals surface area contributed by atoms with Crippen LogP contribution < -0.4 is 15.0 Å². The summed E-state index contributed by atoms with van der Waals surface area (Å²) in [5, 5.41) is 14.4. The zero-order valence-electron chi connectivity index (χ0n) is 26.3. The zero-order chi connectivity index (χ0) is 31.3. The summed E-state index contributed by atoms with van der Waals surface area (Å²) in [7, 11) is 0. The van der Waals surface area contributed by atoms with Crippen LogP contribution >= 0.6 is 0 Å². The maximum Gasteiger partial charge on any atom is 0.219 e. The second kappa shape index (κ2) is 14.0. The fourth-order valence-corrected chi connectivity index (χ4v) is 6.20. The number of piperazine rings is 1. The lowest BCUT2D eigenvalue weighted by Crippen LogP contribution is -2.48. The molecule has 1 saturated carbocycles. The maximum atomic E-state index is 13.4. The summed E-state index contributed by atoms with van der Waals surface area (Å²) < 4.78 is 11.3. The minimum absolute atomic E-state index is 0.00812. The number of ether oxygens (including phenoxy) is 1. The average molecular weight is 617 g/mol. The lowest BCUT2D eigenvalue weighted by atomic mass is 9.93. The molecule has 2 aromatic heterocycles. The van der Waals surface area contributed by atoms with Gasteiger partial charge in [0, 0.05) is 70.8 Å². The number of nitrogens with zero attached hydrogens (tertiary/aromatic N) is 5. The number of ketones is 1. The van der Waals surface area contributed by atoms with Crippen molar-refractivity contribution in [3.63, 3.8) is 0 Å². The average Bonchev–Trinajstić information content (AvgIpc) is 3.44. The summed E-state index contributed by atoms with van der Waals surface area (Å²) in [6.07, 6.45) is 5.79. The minimum Gasteiger partial charge on any atom is -0.486 e. The molecule has 1 aliphatic carbocycles. The number of pyridine rings is 1. The molecule has 2 N–H and O–H groups in total. The van der Waals surface area contributed by atoms with Gasteiger partial charge in [-0.25, -0.2) is 9.97 Å². The van der Waals surface area contributed by atoms with Crippen molar-refractivity contribution in [2.45, 2.75) is 77.7 Å². The molecule has 11 nitrogen and oxygen atoms in total. The third kappa shape index (κ3) is 7.83. The number of aryl methyl sites for hydroxylation is 1. The van der Waals surface area contributed by atoms with Crippen molar-refractivity contribution in [1.29, 1.82) is 0 Å². The van der Waals surface area contributed by atoms with Crippen molar-refractivity contribution in [2.24, 2.45) is 0 Å². The predicted molar refractivity (Wildman–Crippen MR) is 171 cm³/mol. The van der Waals surface area contributed by atoms with Gasteiger partial charge < -0.3 is 29.4 Å². The molecular weight excluding hydrogens is 572 g/mol. The van der Waals surface area contributed by atoms with Crippen LogP contribution in [0.2, 0.25) is 0 Å². The SMILES string of the molecule is CC(=O)N1CCN(c2cc(C(=O)CC[C@H](O)CN3CCc4cc(OCc5ocnc5C)ccc4C3)cc(NC3CCC3)n2)CC1. The van der Waals surface area contributed by atoms with Gasteiger partial charge in [0.1, 0.15) is 24.0 Å². The first kappa shape index (κ1) is 31.0. The number of fused-ring (bicyclic) bond motifs is 1. The highest BCUT2D eigenvalue weighted by molar-refractivity contribution is 5.97. The van der Waals surface area contributed by atoms with Crippen LogP contribution in [0, 0.1) is 6.92 Å². The first-order chi connectivity index (χ1) is 21.8. The lowest BCUT2D eigenvalue weighted by Gasteiger charge is -2.35. The summed E-state index contributed by atoms with van der Waals surface area (Å²) in [5.74, 6) is 3.11. The first-order valence-electron chi connectivity index (χ1n) is 16.2. The van der Waals surface area contributed by atoms with Crippen LogP contribution in [-0.4, -0.2) is 88.0 Å². The number of benzene rings is 1. The van der Waals surface area contributed by atoms with E-state index in [2.05, 4.69) is 32.2 Å². The topological polar surface area (TPSA) is 124 Å². The molecule has 6 rings (SSSR count). The number of oxazole rings is 1. The Morgan fingerprint density at radius 3 is 2.64 bits per heavy atom. The third-order valence-electron chi connectivity index (χ3n) is 9.30. The van der Waals surface area contributed by atoms with Crippen LogP contribution in [0.3, 0.4) is 0 Å². The Kier molecular flexibility index (Phi) is 9.65. The zero-order valence-corrected chi connectivity index (χ0v) is 26.3. The van der Waals surface area contributed by atoms with Crippen molar-refractivity contribution in [1.82, 2.24) is 19.8 Å². The van der Waals surface area contributed by atoms with Crippen molar-refractivity contribution < 1.29 is 23.8 Å². The monoisotopic (exact) mass is 616 g/mol. The standard InChI is InChI=1S/C34H44N6O5/c1-23-32(45-22-35-23)21-44-30-8-6-26-19-38(11-10-25(26)16-30)20-29(42)7-9-31(43)27-17-33(36-28-4-3-5-28)37-34(18-27)40-14-12-39(13-15-40)24(2)41/h6,8,16-18,22,28-29,42H,3-5,7,9-15,19-21H2,1-2H3,(H,36,37)/t29-/m0/s1. The molecule has 1 atom stereocenters.